The van der Waals surface area contributed by atoms with Crippen molar-refractivity contribution in [2.45, 2.75) is 6.04 Å². The van der Waals surface area contributed by atoms with Gasteiger partial charge in [-0.3, -0.25) is 9.47 Å². The van der Waals surface area contributed by atoms with E-state index in [1.54, 1.807) is 24.4 Å². The van der Waals surface area contributed by atoms with Crippen LogP contribution >= 0.6 is 0 Å². The lowest BCUT2D eigenvalue weighted by Crippen LogP contribution is -2.51. The monoisotopic (exact) mass is 358 g/mol. The van der Waals surface area contributed by atoms with E-state index >= 15 is 0 Å². The summed E-state index contributed by atoms with van der Waals surface area (Å²) < 4.78 is 11.6. The molecule has 0 N–H and O–H groups in total. The highest BCUT2D eigenvalue weighted by Gasteiger charge is 2.32. The molecule has 2 heterocycles. The van der Waals surface area contributed by atoms with Crippen LogP contribution in [0.1, 0.15) is 11.6 Å². The predicted octanol–water partition coefficient (Wildman–Crippen LogP) is 1.39. The van der Waals surface area contributed by atoms with Gasteiger partial charge in [-0.15, -0.1) is 0 Å². The number of hydrogen-bond donors (Lipinski definition) is 0. The van der Waals surface area contributed by atoms with Gasteiger partial charge in [0.2, 0.25) is 0 Å². The molecule has 1 amide bonds. The molecule has 0 aliphatic carbocycles. The number of hydrogen-bond acceptors (Lipinski definition) is 6. The zero-order chi connectivity index (χ0) is 18.5. The van der Waals surface area contributed by atoms with E-state index in [1.807, 2.05) is 29.2 Å². The van der Waals surface area contributed by atoms with Crippen LogP contribution in [0.2, 0.25) is 0 Å². The summed E-state index contributed by atoms with van der Waals surface area (Å²) in [7, 11) is 2.99. The Morgan fingerprint density at radius 1 is 1.08 bits per heavy atom. The number of ether oxygens (including phenoxy) is 2. The molecule has 1 aliphatic heterocycles. The molecule has 138 valence electrons. The summed E-state index contributed by atoms with van der Waals surface area (Å²) >= 11 is 0. The predicted molar refractivity (Wildman–Crippen MR) is 93.9 cm³/mol. The minimum absolute atomic E-state index is 0.110. The van der Waals surface area contributed by atoms with Crippen LogP contribution in [0.4, 0.5) is 4.79 Å². The van der Waals surface area contributed by atoms with Crippen molar-refractivity contribution in [2.24, 2.45) is 0 Å². The molecular weight excluding hydrogens is 336 g/mol. The van der Waals surface area contributed by atoms with Crippen molar-refractivity contribution in [2.75, 3.05) is 40.4 Å². The van der Waals surface area contributed by atoms with Gasteiger partial charge in [0.1, 0.15) is 18.1 Å². The molecule has 3 rings (SSSR count). The summed E-state index contributed by atoms with van der Waals surface area (Å²) in [6, 6.07) is 6.76. The van der Waals surface area contributed by atoms with E-state index in [9.17, 15) is 9.59 Å². The topological polar surface area (TPSA) is 76.9 Å². The van der Waals surface area contributed by atoms with Gasteiger partial charge >= 0.3 is 12.0 Å². The lowest BCUT2D eigenvalue weighted by atomic mass is 10.0. The molecule has 1 saturated heterocycles. The maximum Gasteiger partial charge on any atom is 0.329 e. The van der Waals surface area contributed by atoms with E-state index in [0.29, 0.717) is 26.2 Å². The molecule has 1 aromatic carbocycles. The maximum absolute atomic E-state index is 12.4. The number of esters is 1. The Balaban J connectivity index is 1.71. The van der Waals surface area contributed by atoms with E-state index in [4.69, 9.17) is 9.47 Å². The maximum atomic E-state index is 12.4. The van der Waals surface area contributed by atoms with E-state index in [2.05, 4.69) is 4.98 Å². The van der Waals surface area contributed by atoms with Crippen molar-refractivity contribution in [1.29, 1.82) is 0 Å². The SMILES string of the molecule is COC(=O)C(c1ccc(OC)cc1)N1CCN(C(=O)n2ccnc2)CC1. The first-order chi connectivity index (χ1) is 12.6. The van der Waals surface area contributed by atoms with E-state index in [1.165, 1.54) is 18.0 Å². The van der Waals surface area contributed by atoms with Gasteiger partial charge in [0, 0.05) is 38.6 Å². The van der Waals surface area contributed by atoms with Crippen LogP contribution in [0.15, 0.2) is 43.0 Å². The zero-order valence-electron chi connectivity index (χ0n) is 14.9. The van der Waals surface area contributed by atoms with Crippen LogP contribution in [0, 0.1) is 0 Å². The number of aromatic nitrogens is 2. The zero-order valence-corrected chi connectivity index (χ0v) is 14.9. The van der Waals surface area contributed by atoms with E-state index in [0.717, 1.165) is 11.3 Å². The molecule has 8 nitrogen and oxygen atoms in total. The van der Waals surface area contributed by atoms with Gasteiger partial charge in [0.05, 0.1) is 14.2 Å². The van der Waals surface area contributed by atoms with Gasteiger partial charge in [0.25, 0.3) is 0 Å². The Bertz CT molecular complexity index is 737. The molecule has 1 unspecified atom stereocenters. The Labute approximate surface area is 151 Å². The van der Waals surface area contributed by atoms with Crippen LogP contribution < -0.4 is 4.74 Å². The summed E-state index contributed by atoms with van der Waals surface area (Å²) in [6.07, 6.45) is 4.69. The van der Waals surface area contributed by atoms with Crippen LogP contribution in [-0.4, -0.2) is 71.7 Å². The van der Waals surface area contributed by atoms with Crippen LogP contribution in [0.5, 0.6) is 5.75 Å². The number of carbonyl (C=O) groups excluding carboxylic acids is 2. The molecule has 8 heteroatoms. The van der Waals surface area contributed by atoms with Crippen LogP contribution in [0.3, 0.4) is 0 Å². The fourth-order valence-electron chi connectivity index (χ4n) is 3.10. The van der Waals surface area contributed by atoms with Gasteiger partial charge in [-0.1, -0.05) is 12.1 Å². The highest BCUT2D eigenvalue weighted by atomic mass is 16.5. The van der Waals surface area contributed by atoms with Gasteiger partial charge in [-0.2, -0.15) is 0 Å². The number of carbonyl (C=O) groups is 2. The molecule has 1 fully saturated rings. The van der Waals surface area contributed by atoms with Crippen molar-refractivity contribution in [1.82, 2.24) is 19.4 Å². The number of amides is 1. The van der Waals surface area contributed by atoms with Gasteiger partial charge in [0.15, 0.2) is 0 Å². The minimum atomic E-state index is -0.503. The van der Waals surface area contributed by atoms with Crippen molar-refractivity contribution in [3.63, 3.8) is 0 Å². The first kappa shape index (κ1) is 17.9. The lowest BCUT2D eigenvalue weighted by molar-refractivity contribution is -0.148. The Hall–Kier alpha value is -2.87. The van der Waals surface area contributed by atoms with Gasteiger partial charge in [-0.25, -0.2) is 14.6 Å². The molecule has 26 heavy (non-hydrogen) atoms. The average Bonchev–Trinajstić information content (AvgIpc) is 3.23. The largest absolute Gasteiger partial charge is 0.497 e. The number of methoxy groups -OCH3 is 2. The first-order valence-electron chi connectivity index (χ1n) is 8.37. The van der Waals surface area contributed by atoms with Crippen LogP contribution in [0.25, 0.3) is 0 Å². The summed E-state index contributed by atoms with van der Waals surface area (Å²) in [5.74, 6) is 0.415. The normalized spacial score (nSPS) is 16.2. The number of nitrogens with zero attached hydrogens (tertiary/aromatic N) is 4. The summed E-state index contributed by atoms with van der Waals surface area (Å²) in [6.45, 7) is 2.21. The lowest BCUT2D eigenvalue weighted by Gasteiger charge is -2.38. The Morgan fingerprint density at radius 2 is 1.77 bits per heavy atom. The molecule has 0 saturated carbocycles. The van der Waals surface area contributed by atoms with Crippen LogP contribution in [-0.2, 0) is 9.53 Å². The quantitative estimate of drug-likeness (QED) is 0.769. The third kappa shape index (κ3) is 3.70. The molecule has 0 bridgehead atoms. The van der Waals surface area contributed by atoms with Crippen molar-refractivity contribution in [3.8, 4) is 5.75 Å². The van der Waals surface area contributed by atoms with Gasteiger partial charge in [-0.05, 0) is 17.7 Å². The van der Waals surface area contributed by atoms with E-state index < -0.39 is 6.04 Å². The summed E-state index contributed by atoms with van der Waals surface area (Å²) in [5.41, 5.74) is 0.840. The number of benzene rings is 1. The standard InChI is InChI=1S/C18H22N4O4/c1-25-15-5-3-14(4-6-15)16(17(23)26-2)20-9-11-21(12-10-20)18(24)22-8-7-19-13-22/h3-8,13,16H,9-12H2,1-2H3. The van der Waals surface area contributed by atoms with Crippen molar-refractivity contribution < 1.29 is 19.1 Å². The second-order valence-electron chi connectivity index (χ2n) is 5.97. The third-order valence-corrected chi connectivity index (χ3v) is 4.53. The Kier molecular flexibility index (Phi) is 5.52. The smallest absolute Gasteiger partial charge is 0.329 e. The van der Waals surface area contributed by atoms with Crippen molar-refractivity contribution in [3.05, 3.63) is 48.5 Å². The summed E-state index contributed by atoms with van der Waals surface area (Å²) in [4.78, 5) is 32.5. The van der Waals surface area contributed by atoms with Gasteiger partial charge < -0.3 is 14.4 Å². The second kappa shape index (κ2) is 8.01. The number of imidazole rings is 1. The highest BCUT2D eigenvalue weighted by molar-refractivity contribution is 5.78. The van der Waals surface area contributed by atoms with E-state index in [-0.39, 0.29) is 12.0 Å². The first-order valence-corrected chi connectivity index (χ1v) is 8.37. The molecule has 1 aliphatic rings. The number of rotatable bonds is 4. The molecule has 0 radical (unpaired) electrons. The summed E-state index contributed by atoms with van der Waals surface area (Å²) in [5, 5.41) is 0. The second-order valence-corrected chi connectivity index (χ2v) is 5.97. The third-order valence-electron chi connectivity index (χ3n) is 4.53. The fourth-order valence-corrected chi connectivity index (χ4v) is 3.10. The molecule has 1 atom stereocenters. The minimum Gasteiger partial charge on any atom is -0.497 e. The molecule has 2 aromatic rings. The number of piperazine rings is 1. The average molecular weight is 358 g/mol. The van der Waals surface area contributed by atoms with Crippen molar-refractivity contribution >= 4 is 12.0 Å². The molecule has 1 aromatic heterocycles. The molecular formula is C18H22N4O4. The highest BCUT2D eigenvalue weighted by Crippen LogP contribution is 2.25. The fraction of sp³-hybridized carbons (Fsp3) is 0.389. The molecule has 0 spiro atoms. The Morgan fingerprint density at radius 3 is 2.31 bits per heavy atom.